The van der Waals surface area contributed by atoms with E-state index >= 15 is 0 Å². The van der Waals surface area contributed by atoms with Gasteiger partial charge >= 0.3 is 0 Å². The van der Waals surface area contributed by atoms with Crippen molar-refractivity contribution in [3.8, 4) is 0 Å². The summed E-state index contributed by atoms with van der Waals surface area (Å²) in [6.07, 6.45) is 0.0806. The zero-order valence-corrected chi connectivity index (χ0v) is 5.95. The minimum atomic E-state index is -0.00291. The molecule has 4 nitrogen and oxygen atoms in total. The quantitative estimate of drug-likeness (QED) is 0.320. The number of rotatable bonds is 5. The molecule has 0 aliphatic carbocycles. The molecule has 2 atom stereocenters. The van der Waals surface area contributed by atoms with E-state index < -0.39 is 0 Å². The number of hydrogen-bond donors (Lipinski definition) is 1. The standard InChI is InChI=1S/C6H12O4/c1-8-4-9-3-6-5(2-7)10-6/h5-7H,2-4H2,1H3/t5-,6+/m0/s1. The third-order valence-electron chi connectivity index (χ3n) is 1.35. The molecule has 1 rings (SSSR count). The van der Waals surface area contributed by atoms with Gasteiger partial charge in [-0.25, -0.2) is 0 Å². The maximum Gasteiger partial charge on any atom is 0.146 e. The zero-order valence-electron chi connectivity index (χ0n) is 5.95. The molecule has 60 valence electrons. The third kappa shape index (κ3) is 2.22. The molecule has 0 aromatic carbocycles. The summed E-state index contributed by atoms with van der Waals surface area (Å²) >= 11 is 0. The summed E-state index contributed by atoms with van der Waals surface area (Å²) in [4.78, 5) is 0. The first-order valence-corrected chi connectivity index (χ1v) is 3.21. The highest BCUT2D eigenvalue weighted by atomic mass is 16.7. The van der Waals surface area contributed by atoms with Gasteiger partial charge in [-0.3, -0.25) is 0 Å². The van der Waals surface area contributed by atoms with Gasteiger partial charge in [0.1, 0.15) is 19.0 Å². The molecular formula is C6H12O4. The van der Waals surface area contributed by atoms with Crippen LogP contribution in [0.25, 0.3) is 0 Å². The van der Waals surface area contributed by atoms with Crippen LogP contribution in [-0.4, -0.2) is 44.4 Å². The average Bonchev–Trinajstić information content (AvgIpc) is 2.68. The van der Waals surface area contributed by atoms with Gasteiger partial charge in [-0.05, 0) is 0 Å². The lowest BCUT2D eigenvalue weighted by molar-refractivity contribution is -0.0352. The van der Waals surface area contributed by atoms with Gasteiger partial charge < -0.3 is 19.3 Å². The minimum Gasteiger partial charge on any atom is -0.394 e. The van der Waals surface area contributed by atoms with Gasteiger partial charge in [0.05, 0.1) is 13.2 Å². The summed E-state index contributed by atoms with van der Waals surface area (Å²) in [5.41, 5.74) is 0. The fourth-order valence-corrected chi connectivity index (χ4v) is 0.734. The largest absolute Gasteiger partial charge is 0.394 e. The predicted molar refractivity (Wildman–Crippen MR) is 33.6 cm³/mol. The van der Waals surface area contributed by atoms with Gasteiger partial charge in [-0.2, -0.15) is 0 Å². The van der Waals surface area contributed by atoms with Gasteiger partial charge in [0.15, 0.2) is 0 Å². The molecule has 0 bridgehead atoms. The second-order valence-corrected chi connectivity index (χ2v) is 2.17. The fourth-order valence-electron chi connectivity index (χ4n) is 0.734. The van der Waals surface area contributed by atoms with Crippen molar-refractivity contribution in [2.24, 2.45) is 0 Å². The molecule has 0 aromatic rings. The van der Waals surface area contributed by atoms with E-state index in [1.54, 1.807) is 7.11 Å². The van der Waals surface area contributed by atoms with Crippen molar-refractivity contribution < 1.29 is 19.3 Å². The summed E-state index contributed by atoms with van der Waals surface area (Å²) < 4.78 is 14.6. The number of aliphatic hydroxyl groups excluding tert-OH is 1. The highest BCUT2D eigenvalue weighted by molar-refractivity contribution is 4.83. The predicted octanol–water partition coefficient (Wildman–Crippen LogP) is -0.633. The molecule has 1 heterocycles. The molecule has 0 radical (unpaired) electrons. The van der Waals surface area contributed by atoms with Crippen molar-refractivity contribution in [2.45, 2.75) is 12.2 Å². The van der Waals surface area contributed by atoms with Crippen LogP contribution in [0.5, 0.6) is 0 Å². The Balaban J connectivity index is 1.87. The van der Waals surface area contributed by atoms with Crippen molar-refractivity contribution in [1.29, 1.82) is 0 Å². The van der Waals surface area contributed by atoms with Crippen molar-refractivity contribution in [2.75, 3.05) is 27.1 Å². The topological polar surface area (TPSA) is 51.2 Å². The first-order chi connectivity index (χ1) is 4.88. The number of ether oxygens (including phenoxy) is 3. The molecule has 0 saturated carbocycles. The van der Waals surface area contributed by atoms with Crippen LogP contribution in [0.2, 0.25) is 0 Å². The fraction of sp³-hybridized carbons (Fsp3) is 1.00. The summed E-state index contributed by atoms with van der Waals surface area (Å²) in [5.74, 6) is 0. The van der Waals surface area contributed by atoms with Crippen LogP contribution < -0.4 is 0 Å². The normalized spacial score (nSPS) is 30.6. The maximum absolute atomic E-state index is 8.52. The van der Waals surface area contributed by atoms with Crippen molar-refractivity contribution in [1.82, 2.24) is 0 Å². The van der Waals surface area contributed by atoms with Gasteiger partial charge in [-0.1, -0.05) is 0 Å². The van der Waals surface area contributed by atoms with E-state index in [-0.39, 0.29) is 25.6 Å². The van der Waals surface area contributed by atoms with Gasteiger partial charge in [0.25, 0.3) is 0 Å². The van der Waals surface area contributed by atoms with Crippen LogP contribution in [-0.2, 0) is 14.2 Å². The number of hydrogen-bond acceptors (Lipinski definition) is 4. The van der Waals surface area contributed by atoms with Gasteiger partial charge in [0.2, 0.25) is 0 Å². The summed E-state index contributed by atoms with van der Waals surface area (Å²) in [7, 11) is 1.57. The second-order valence-electron chi connectivity index (χ2n) is 2.17. The molecule has 1 aliphatic heterocycles. The Morgan fingerprint density at radius 3 is 2.80 bits per heavy atom. The first-order valence-electron chi connectivity index (χ1n) is 3.21. The summed E-state index contributed by atoms with van der Waals surface area (Å²) in [6.45, 7) is 0.887. The van der Waals surface area contributed by atoms with E-state index in [0.29, 0.717) is 6.61 Å². The Morgan fingerprint density at radius 2 is 2.30 bits per heavy atom. The number of aliphatic hydroxyl groups is 1. The number of methoxy groups -OCH3 is 1. The van der Waals surface area contributed by atoms with Crippen LogP contribution in [0.3, 0.4) is 0 Å². The van der Waals surface area contributed by atoms with Gasteiger partial charge in [-0.15, -0.1) is 0 Å². The summed E-state index contributed by atoms with van der Waals surface area (Å²) in [5, 5.41) is 8.52. The van der Waals surface area contributed by atoms with Gasteiger partial charge in [0, 0.05) is 7.11 Å². The van der Waals surface area contributed by atoms with Crippen molar-refractivity contribution in [3.63, 3.8) is 0 Å². The van der Waals surface area contributed by atoms with E-state index in [0.717, 1.165) is 0 Å². The van der Waals surface area contributed by atoms with E-state index in [9.17, 15) is 0 Å². The second kappa shape index (κ2) is 3.88. The zero-order chi connectivity index (χ0) is 7.40. The van der Waals surface area contributed by atoms with E-state index in [1.165, 1.54) is 0 Å². The van der Waals surface area contributed by atoms with Crippen molar-refractivity contribution in [3.05, 3.63) is 0 Å². The van der Waals surface area contributed by atoms with Crippen LogP contribution in [0.4, 0.5) is 0 Å². The molecule has 1 N–H and O–H groups in total. The SMILES string of the molecule is COCOC[C@H]1O[C@H]1CO. The molecule has 1 saturated heterocycles. The lowest BCUT2D eigenvalue weighted by Gasteiger charge is -1.97. The molecule has 0 unspecified atom stereocenters. The van der Waals surface area contributed by atoms with E-state index in [1.807, 2.05) is 0 Å². The molecule has 0 spiro atoms. The Kier molecular flexibility index (Phi) is 3.08. The molecule has 10 heavy (non-hydrogen) atoms. The molecule has 1 fully saturated rings. The van der Waals surface area contributed by atoms with E-state index in [4.69, 9.17) is 14.6 Å². The molecule has 1 aliphatic rings. The molecule has 4 heteroatoms. The van der Waals surface area contributed by atoms with E-state index in [2.05, 4.69) is 4.74 Å². The van der Waals surface area contributed by atoms with Crippen LogP contribution in [0, 0.1) is 0 Å². The highest BCUT2D eigenvalue weighted by Crippen LogP contribution is 2.20. The lowest BCUT2D eigenvalue weighted by atomic mass is 10.3. The molecule has 0 aromatic heterocycles. The Hall–Kier alpha value is -0.160. The molecular weight excluding hydrogens is 136 g/mol. The maximum atomic E-state index is 8.52. The Morgan fingerprint density at radius 1 is 1.50 bits per heavy atom. The lowest BCUT2D eigenvalue weighted by Crippen LogP contribution is -2.08. The minimum absolute atomic E-state index is 0.00291. The van der Waals surface area contributed by atoms with Crippen molar-refractivity contribution >= 4 is 0 Å². The van der Waals surface area contributed by atoms with Crippen LogP contribution >= 0.6 is 0 Å². The van der Waals surface area contributed by atoms with Crippen LogP contribution in [0.15, 0.2) is 0 Å². The Labute approximate surface area is 59.7 Å². The third-order valence-corrected chi connectivity index (χ3v) is 1.35. The van der Waals surface area contributed by atoms with Crippen LogP contribution in [0.1, 0.15) is 0 Å². The number of epoxide rings is 1. The first kappa shape index (κ1) is 7.94. The Bertz CT molecular complexity index is 95.7. The monoisotopic (exact) mass is 148 g/mol. The smallest absolute Gasteiger partial charge is 0.146 e. The average molecular weight is 148 g/mol. The summed E-state index contributed by atoms with van der Waals surface area (Å²) in [6, 6.07) is 0. The highest BCUT2D eigenvalue weighted by Gasteiger charge is 2.37. The molecule has 0 amide bonds.